The molecule has 0 unspecified atom stereocenters. The Hall–Kier alpha value is -2.93. The number of nitrogens with one attached hydrogen (secondary N) is 1. The van der Waals surface area contributed by atoms with Gasteiger partial charge in [-0.3, -0.25) is 19.8 Å². The van der Waals surface area contributed by atoms with Crippen molar-refractivity contribution in [2.24, 2.45) is 7.05 Å². The molecule has 1 aromatic heterocycles. The maximum Gasteiger partial charge on any atom is 0.270 e. The Balaban J connectivity index is 1.95. The van der Waals surface area contributed by atoms with Crippen LogP contribution in [0.25, 0.3) is 6.08 Å². The van der Waals surface area contributed by atoms with Gasteiger partial charge in [0.1, 0.15) is 11.3 Å². The molecule has 0 spiro atoms. The van der Waals surface area contributed by atoms with E-state index in [4.69, 9.17) is 17.0 Å². The van der Waals surface area contributed by atoms with Gasteiger partial charge in [-0.2, -0.15) is 0 Å². The van der Waals surface area contributed by atoms with Crippen molar-refractivity contribution in [1.82, 2.24) is 9.88 Å². The lowest BCUT2D eigenvalue weighted by atomic mass is 10.1. The van der Waals surface area contributed by atoms with Gasteiger partial charge >= 0.3 is 0 Å². The van der Waals surface area contributed by atoms with Crippen molar-refractivity contribution in [3.8, 4) is 5.75 Å². The normalized spacial score (nSPS) is 16.3. The van der Waals surface area contributed by atoms with Gasteiger partial charge in [0.2, 0.25) is 0 Å². The molecule has 1 aliphatic heterocycles. The zero-order chi connectivity index (χ0) is 18.0. The maximum atomic E-state index is 12.9. The van der Waals surface area contributed by atoms with E-state index in [1.165, 1.54) is 4.90 Å². The molecule has 1 saturated heterocycles. The number of carbonyl (C=O) groups is 2. The Kier molecular flexibility index (Phi) is 4.67. The molecule has 7 heteroatoms. The van der Waals surface area contributed by atoms with E-state index in [2.05, 4.69) is 5.32 Å². The SMILES string of the molecule is CCOc1ccc(N2C(=O)C(=Cc3cccn3C)C(=O)NC2=S)cc1. The third-order valence-electron chi connectivity index (χ3n) is 3.78. The first-order valence-electron chi connectivity index (χ1n) is 7.77. The summed E-state index contributed by atoms with van der Waals surface area (Å²) < 4.78 is 7.22. The number of benzene rings is 1. The van der Waals surface area contributed by atoms with E-state index in [0.717, 1.165) is 5.69 Å². The van der Waals surface area contributed by atoms with Crippen LogP contribution in [-0.4, -0.2) is 28.1 Å². The first kappa shape index (κ1) is 16.9. The van der Waals surface area contributed by atoms with Crippen LogP contribution in [0.1, 0.15) is 12.6 Å². The summed E-state index contributed by atoms with van der Waals surface area (Å²) in [7, 11) is 1.84. The summed E-state index contributed by atoms with van der Waals surface area (Å²) in [5, 5.41) is 2.63. The molecule has 0 radical (unpaired) electrons. The molecule has 6 nitrogen and oxygen atoms in total. The van der Waals surface area contributed by atoms with E-state index in [0.29, 0.717) is 18.0 Å². The molecule has 1 fully saturated rings. The average molecular weight is 355 g/mol. The topological polar surface area (TPSA) is 63.6 Å². The summed E-state index contributed by atoms with van der Waals surface area (Å²) in [5.74, 6) is -0.261. The summed E-state index contributed by atoms with van der Waals surface area (Å²) in [6.45, 7) is 2.45. The minimum absolute atomic E-state index is 0.0317. The van der Waals surface area contributed by atoms with Crippen molar-refractivity contribution >= 4 is 40.9 Å². The number of aromatic nitrogens is 1. The van der Waals surface area contributed by atoms with Crippen LogP contribution in [0, 0.1) is 0 Å². The Labute approximate surface area is 150 Å². The van der Waals surface area contributed by atoms with Crippen molar-refractivity contribution < 1.29 is 14.3 Å². The van der Waals surface area contributed by atoms with E-state index < -0.39 is 11.8 Å². The van der Waals surface area contributed by atoms with Gasteiger partial charge in [-0.1, -0.05) is 0 Å². The number of rotatable bonds is 4. The fraction of sp³-hybridized carbons (Fsp3) is 0.167. The largest absolute Gasteiger partial charge is 0.494 e. The molecule has 0 aliphatic carbocycles. The van der Waals surface area contributed by atoms with E-state index in [1.54, 1.807) is 30.3 Å². The number of hydrogen-bond acceptors (Lipinski definition) is 4. The van der Waals surface area contributed by atoms with Gasteiger partial charge in [0.05, 0.1) is 12.3 Å². The lowest BCUT2D eigenvalue weighted by molar-refractivity contribution is -0.122. The molecule has 2 aromatic rings. The number of aryl methyl sites for hydroxylation is 1. The minimum Gasteiger partial charge on any atom is -0.494 e. The van der Waals surface area contributed by atoms with E-state index in [9.17, 15) is 9.59 Å². The smallest absolute Gasteiger partial charge is 0.270 e. The third-order valence-corrected chi connectivity index (χ3v) is 4.07. The van der Waals surface area contributed by atoms with E-state index >= 15 is 0 Å². The van der Waals surface area contributed by atoms with Gasteiger partial charge in [-0.15, -0.1) is 0 Å². The van der Waals surface area contributed by atoms with Gasteiger partial charge in [-0.25, -0.2) is 0 Å². The van der Waals surface area contributed by atoms with E-state index in [-0.39, 0.29) is 10.7 Å². The minimum atomic E-state index is -0.501. The Morgan fingerprint density at radius 1 is 1.20 bits per heavy atom. The van der Waals surface area contributed by atoms with Crippen LogP contribution >= 0.6 is 12.2 Å². The summed E-state index contributed by atoms with van der Waals surface area (Å²) >= 11 is 5.18. The Bertz CT molecular complexity index is 868. The molecule has 0 bridgehead atoms. The maximum absolute atomic E-state index is 12.9. The number of carbonyl (C=O) groups excluding carboxylic acids is 2. The number of amides is 2. The standard InChI is InChI=1S/C18H17N3O3S/c1-3-24-14-8-6-12(7-9-14)21-17(23)15(16(22)19-18(21)25)11-13-5-4-10-20(13)2/h4-11H,3H2,1-2H3,(H,19,22,25). The van der Waals surface area contributed by atoms with Crippen LogP contribution in [-0.2, 0) is 16.6 Å². The van der Waals surface area contributed by atoms with Crippen molar-refractivity contribution in [3.05, 3.63) is 53.9 Å². The number of anilines is 1. The summed E-state index contributed by atoms with van der Waals surface area (Å²) in [5.41, 5.74) is 1.35. The van der Waals surface area contributed by atoms with Crippen LogP contribution in [0.5, 0.6) is 5.75 Å². The highest BCUT2D eigenvalue weighted by molar-refractivity contribution is 7.80. The molecule has 2 amide bonds. The molecule has 128 valence electrons. The van der Waals surface area contributed by atoms with Gasteiger partial charge in [-0.05, 0) is 61.6 Å². The van der Waals surface area contributed by atoms with Crippen LogP contribution in [0.15, 0.2) is 48.2 Å². The molecule has 0 atom stereocenters. The third kappa shape index (κ3) is 3.32. The Morgan fingerprint density at radius 2 is 1.92 bits per heavy atom. The van der Waals surface area contributed by atoms with Crippen LogP contribution < -0.4 is 15.0 Å². The van der Waals surface area contributed by atoms with Gasteiger partial charge < -0.3 is 9.30 Å². The average Bonchev–Trinajstić information content (AvgIpc) is 2.98. The molecule has 1 aromatic carbocycles. The molecular weight excluding hydrogens is 338 g/mol. The monoisotopic (exact) mass is 355 g/mol. The summed E-state index contributed by atoms with van der Waals surface area (Å²) in [4.78, 5) is 26.4. The highest BCUT2D eigenvalue weighted by atomic mass is 32.1. The highest BCUT2D eigenvalue weighted by Crippen LogP contribution is 2.24. The van der Waals surface area contributed by atoms with E-state index in [1.807, 2.05) is 36.9 Å². The predicted molar refractivity (Wildman–Crippen MR) is 99.2 cm³/mol. The van der Waals surface area contributed by atoms with Crippen molar-refractivity contribution in [3.63, 3.8) is 0 Å². The van der Waals surface area contributed by atoms with Crippen molar-refractivity contribution in [2.75, 3.05) is 11.5 Å². The van der Waals surface area contributed by atoms with Crippen LogP contribution in [0.2, 0.25) is 0 Å². The van der Waals surface area contributed by atoms with Crippen molar-refractivity contribution in [2.45, 2.75) is 6.92 Å². The molecule has 1 aliphatic rings. The second kappa shape index (κ2) is 6.90. The predicted octanol–water partition coefficient (Wildman–Crippen LogP) is 2.26. The second-order valence-electron chi connectivity index (χ2n) is 5.43. The molecule has 1 N–H and O–H groups in total. The molecule has 25 heavy (non-hydrogen) atoms. The Morgan fingerprint density at radius 3 is 2.52 bits per heavy atom. The van der Waals surface area contributed by atoms with Crippen LogP contribution in [0.4, 0.5) is 5.69 Å². The van der Waals surface area contributed by atoms with Gasteiger partial charge in [0.25, 0.3) is 11.8 Å². The summed E-state index contributed by atoms with van der Waals surface area (Å²) in [6, 6.07) is 10.6. The fourth-order valence-electron chi connectivity index (χ4n) is 2.52. The van der Waals surface area contributed by atoms with Gasteiger partial charge in [0, 0.05) is 18.9 Å². The first-order valence-corrected chi connectivity index (χ1v) is 8.17. The quantitative estimate of drug-likeness (QED) is 0.519. The molecule has 3 rings (SSSR count). The second-order valence-corrected chi connectivity index (χ2v) is 5.82. The zero-order valence-electron chi connectivity index (χ0n) is 13.9. The number of thiocarbonyl (C=S) groups is 1. The lowest BCUT2D eigenvalue weighted by Gasteiger charge is -2.29. The number of hydrogen-bond donors (Lipinski definition) is 1. The fourth-order valence-corrected chi connectivity index (χ4v) is 2.80. The van der Waals surface area contributed by atoms with Crippen LogP contribution in [0.3, 0.4) is 0 Å². The zero-order valence-corrected chi connectivity index (χ0v) is 14.7. The highest BCUT2D eigenvalue weighted by Gasteiger charge is 2.34. The lowest BCUT2D eigenvalue weighted by Crippen LogP contribution is -2.54. The molecular formula is C18H17N3O3S. The summed E-state index contributed by atoms with van der Waals surface area (Å²) in [6.07, 6.45) is 3.40. The van der Waals surface area contributed by atoms with Gasteiger partial charge in [0.15, 0.2) is 5.11 Å². The number of nitrogens with zero attached hydrogens (tertiary/aromatic N) is 2. The molecule has 2 heterocycles. The van der Waals surface area contributed by atoms with Crippen molar-refractivity contribution in [1.29, 1.82) is 0 Å². The first-order chi connectivity index (χ1) is 12.0. The number of ether oxygens (including phenoxy) is 1. The molecule has 0 saturated carbocycles.